The third-order valence-electron chi connectivity index (χ3n) is 10.4. The Hall–Kier alpha value is -1.79. The average molecular weight is 818 g/mol. The lowest BCUT2D eigenvalue weighted by Crippen LogP contribution is -2.40. The smallest absolute Gasteiger partial charge is 0.397 e. The third-order valence-corrected chi connectivity index (χ3v) is 10.8. The molecule has 11 heteroatoms. The van der Waals surface area contributed by atoms with E-state index in [1.54, 1.807) is 0 Å². The van der Waals surface area contributed by atoms with Crippen molar-refractivity contribution in [3.63, 3.8) is 0 Å². The highest BCUT2D eigenvalue weighted by Gasteiger charge is 2.25. The van der Waals surface area contributed by atoms with Crippen molar-refractivity contribution in [1.29, 1.82) is 0 Å². The maximum Gasteiger partial charge on any atom is 0.397 e. The maximum atomic E-state index is 12.1. The van der Waals surface area contributed by atoms with Gasteiger partial charge in [0.2, 0.25) is 0 Å². The molecule has 332 valence electrons. The Kier molecular flexibility index (Phi) is 43.0. The van der Waals surface area contributed by atoms with Gasteiger partial charge in [0.1, 0.15) is 0 Å². The van der Waals surface area contributed by atoms with Crippen molar-refractivity contribution in [3.8, 4) is 0 Å². The van der Waals surface area contributed by atoms with E-state index in [2.05, 4.69) is 42.3 Å². The molecule has 0 saturated heterocycles. The topological polar surface area (TPSA) is 162 Å². The number of carboxylic acids is 2. The van der Waals surface area contributed by atoms with Crippen LogP contribution in [0.4, 0.5) is 0 Å². The number of aliphatic hydroxyl groups excluding tert-OH is 1. The van der Waals surface area contributed by atoms with Crippen LogP contribution in [0.15, 0.2) is 24.3 Å². The summed E-state index contributed by atoms with van der Waals surface area (Å²) in [6.07, 6.45) is 44.9. The summed E-state index contributed by atoms with van der Waals surface area (Å²) >= 11 is 0. The molecule has 0 spiro atoms. The molecule has 0 aromatic carbocycles. The van der Waals surface area contributed by atoms with Gasteiger partial charge in [-0.25, -0.2) is 0 Å². The Labute approximate surface area is 344 Å². The number of nitrogens with zero attached hydrogens (tertiary/aromatic N) is 1. The van der Waals surface area contributed by atoms with Crippen LogP contribution in [0.25, 0.3) is 0 Å². The van der Waals surface area contributed by atoms with Gasteiger partial charge in [-0.15, -0.1) is 0 Å². The Bertz CT molecular complexity index is 973. The lowest BCUT2D eigenvalue weighted by molar-refractivity contribution is -0.143. The molecular weight excluding hydrogens is 731 g/mol. The molecule has 0 saturated carbocycles. The van der Waals surface area contributed by atoms with Gasteiger partial charge in [-0.1, -0.05) is 167 Å². The number of rotatable bonds is 41. The summed E-state index contributed by atoms with van der Waals surface area (Å²) in [5.74, 6) is -2.70. The van der Waals surface area contributed by atoms with Gasteiger partial charge in [0.25, 0.3) is 0 Å². The van der Waals surface area contributed by atoms with E-state index in [-0.39, 0.29) is 6.61 Å². The fraction of sp³-hybridized carbons (Fsp3) is 0.867. The second kappa shape index (κ2) is 42.8. The van der Waals surface area contributed by atoms with Crippen molar-refractivity contribution in [3.05, 3.63) is 24.3 Å². The second-order valence-corrected chi connectivity index (χ2v) is 16.8. The van der Waals surface area contributed by atoms with Crippen LogP contribution in [0.1, 0.15) is 206 Å². The summed E-state index contributed by atoms with van der Waals surface area (Å²) in [7, 11) is -3.29. The average Bonchev–Trinajstić information content (AvgIpc) is 3.16. The summed E-state index contributed by atoms with van der Waals surface area (Å²) in [5, 5.41) is 29.5. The number of carbonyl (C=O) groups is 2. The number of allylic oxidation sites excluding steroid dienone is 4. The van der Waals surface area contributed by atoms with Gasteiger partial charge < -0.3 is 15.3 Å². The summed E-state index contributed by atoms with van der Waals surface area (Å²) in [5.41, 5.74) is 0. The predicted molar refractivity (Wildman–Crippen MR) is 232 cm³/mol. The Morgan fingerprint density at radius 2 is 0.804 bits per heavy atom. The SMILES string of the molecule is CCCCCCCC/C=C\CCCCCCCCC(CN(CCO)CC(CCCCCCCC/C=C\CCCCCCCC)C(=O)O)C(=O)O.COS(=O)(=O)O. The zero-order chi connectivity index (χ0) is 42.0. The number of unbranched alkanes of at least 4 members (excludes halogenated alkanes) is 24. The minimum absolute atomic E-state index is 0.0961. The molecule has 0 aliphatic rings. The number of hydrogen-bond donors (Lipinski definition) is 4. The van der Waals surface area contributed by atoms with Gasteiger partial charge in [-0.2, -0.15) is 8.42 Å². The lowest BCUT2D eigenvalue weighted by atomic mass is 9.97. The first-order chi connectivity index (χ1) is 27.0. The van der Waals surface area contributed by atoms with E-state index >= 15 is 0 Å². The number of carboxylic acid groups (broad SMARTS) is 2. The molecule has 0 aromatic heterocycles. The van der Waals surface area contributed by atoms with Crippen LogP contribution in [0.5, 0.6) is 0 Å². The van der Waals surface area contributed by atoms with Crippen LogP contribution in [-0.2, 0) is 24.2 Å². The van der Waals surface area contributed by atoms with Crippen LogP contribution in [0.2, 0.25) is 0 Å². The number of aliphatic carboxylic acids is 2. The predicted octanol–water partition coefficient (Wildman–Crippen LogP) is 12.0. The largest absolute Gasteiger partial charge is 0.481 e. The van der Waals surface area contributed by atoms with E-state index in [0.717, 1.165) is 58.5 Å². The Morgan fingerprint density at radius 1 is 0.536 bits per heavy atom. The molecule has 2 atom stereocenters. The highest BCUT2D eigenvalue weighted by Crippen LogP contribution is 2.19. The van der Waals surface area contributed by atoms with Crippen molar-refractivity contribution >= 4 is 22.3 Å². The standard InChI is InChI=1S/C44H83NO5.CH4O4S/c1-3-5-7-9-11-13-15-17-19-21-23-25-27-29-31-33-35-41(43(47)48)39-45(37-38-46)40-42(44(49)50)36-34-32-30-28-26-24-22-20-18-16-14-12-10-8-6-4-2;1-5-6(2,3)4/h17-20,41-42,46H,3-16,21-40H2,1-2H3,(H,47,48)(H,49,50);1H3,(H,2,3,4)/b19-17-,20-18-;. The molecular formula is C45H87NO9S. The molecule has 0 amide bonds. The normalized spacial score (nSPS) is 13.0. The van der Waals surface area contributed by atoms with Crippen molar-refractivity contribution in [2.45, 2.75) is 206 Å². The molecule has 10 nitrogen and oxygen atoms in total. The maximum absolute atomic E-state index is 12.1. The van der Waals surface area contributed by atoms with Crippen LogP contribution < -0.4 is 0 Å². The van der Waals surface area contributed by atoms with Crippen molar-refractivity contribution in [2.75, 3.05) is 33.4 Å². The van der Waals surface area contributed by atoms with E-state index in [9.17, 15) is 33.3 Å². The van der Waals surface area contributed by atoms with E-state index < -0.39 is 34.2 Å². The zero-order valence-corrected chi connectivity index (χ0v) is 37.0. The first-order valence-corrected chi connectivity index (χ1v) is 24.0. The monoisotopic (exact) mass is 818 g/mol. The third kappa shape index (κ3) is 43.3. The van der Waals surface area contributed by atoms with Crippen LogP contribution >= 0.6 is 0 Å². The Morgan fingerprint density at radius 3 is 1.05 bits per heavy atom. The molecule has 0 aliphatic carbocycles. The van der Waals surface area contributed by atoms with E-state index in [0.29, 0.717) is 32.5 Å². The van der Waals surface area contributed by atoms with Crippen molar-refractivity contribution in [1.82, 2.24) is 4.90 Å². The molecule has 0 fully saturated rings. The summed E-state index contributed by atoms with van der Waals surface area (Å²) in [6.45, 7) is 5.34. The van der Waals surface area contributed by atoms with E-state index in [1.165, 1.54) is 128 Å². The van der Waals surface area contributed by atoms with Gasteiger partial charge in [-0.3, -0.25) is 23.2 Å². The molecule has 0 aliphatic heterocycles. The van der Waals surface area contributed by atoms with Crippen LogP contribution in [0, 0.1) is 11.8 Å². The minimum Gasteiger partial charge on any atom is -0.481 e. The molecule has 0 aromatic rings. The number of hydrogen-bond acceptors (Lipinski definition) is 7. The zero-order valence-electron chi connectivity index (χ0n) is 36.2. The van der Waals surface area contributed by atoms with Gasteiger partial charge in [0.05, 0.1) is 25.6 Å². The highest BCUT2D eigenvalue weighted by atomic mass is 32.3. The molecule has 0 radical (unpaired) electrons. The van der Waals surface area contributed by atoms with Gasteiger partial charge in [0.15, 0.2) is 0 Å². The molecule has 0 heterocycles. The first-order valence-electron chi connectivity index (χ1n) is 22.6. The number of aliphatic hydroxyl groups is 1. The first kappa shape index (κ1) is 56.3. The van der Waals surface area contributed by atoms with Gasteiger partial charge >= 0.3 is 22.3 Å². The fourth-order valence-electron chi connectivity index (χ4n) is 6.88. The molecule has 2 unspecified atom stereocenters. The quantitative estimate of drug-likeness (QED) is 0.0265. The molecule has 0 bridgehead atoms. The Balaban J connectivity index is 0. The second-order valence-electron chi connectivity index (χ2n) is 15.6. The van der Waals surface area contributed by atoms with E-state index in [1.807, 2.05) is 4.90 Å². The van der Waals surface area contributed by atoms with Crippen molar-refractivity contribution < 1.29 is 42.1 Å². The van der Waals surface area contributed by atoms with Crippen molar-refractivity contribution in [2.24, 2.45) is 11.8 Å². The molecule has 56 heavy (non-hydrogen) atoms. The summed E-state index contributed by atoms with van der Waals surface area (Å²) < 4.78 is 29.7. The highest BCUT2D eigenvalue weighted by molar-refractivity contribution is 7.80. The van der Waals surface area contributed by atoms with Crippen LogP contribution in [0.3, 0.4) is 0 Å². The fourth-order valence-corrected chi connectivity index (χ4v) is 6.88. The summed E-state index contributed by atoms with van der Waals surface area (Å²) in [6, 6.07) is 0. The molecule has 4 N–H and O–H groups in total. The van der Waals surface area contributed by atoms with Gasteiger partial charge in [0, 0.05) is 19.6 Å². The van der Waals surface area contributed by atoms with E-state index in [4.69, 9.17) is 4.55 Å². The molecule has 0 rings (SSSR count). The van der Waals surface area contributed by atoms with Gasteiger partial charge in [-0.05, 0) is 64.2 Å². The summed E-state index contributed by atoms with van der Waals surface area (Å²) in [4.78, 5) is 26.0. The minimum atomic E-state index is -4.16. The lowest BCUT2D eigenvalue weighted by Gasteiger charge is -2.27. The van der Waals surface area contributed by atoms with Crippen LogP contribution in [-0.4, -0.2) is 78.5 Å².